The molecule has 96 valence electrons. The molecular formula is C12H15ClN4S. The number of nitrogens with one attached hydrogen (secondary N) is 2. The van der Waals surface area contributed by atoms with Gasteiger partial charge < -0.3 is 5.32 Å². The van der Waals surface area contributed by atoms with E-state index in [-0.39, 0.29) is 0 Å². The van der Waals surface area contributed by atoms with Crippen LogP contribution in [0.2, 0.25) is 5.02 Å². The third kappa shape index (κ3) is 3.73. The van der Waals surface area contributed by atoms with Crippen molar-refractivity contribution in [3.63, 3.8) is 0 Å². The zero-order chi connectivity index (χ0) is 12.8. The van der Waals surface area contributed by atoms with Crippen LogP contribution in [0, 0.1) is 0 Å². The van der Waals surface area contributed by atoms with E-state index < -0.39 is 0 Å². The van der Waals surface area contributed by atoms with Crippen LogP contribution in [0.5, 0.6) is 0 Å². The fourth-order valence-electron chi connectivity index (χ4n) is 1.52. The smallest absolute Gasteiger partial charge is 0.188 e. The minimum atomic E-state index is 0.733. The van der Waals surface area contributed by atoms with Crippen molar-refractivity contribution >= 4 is 23.4 Å². The molecule has 0 aliphatic heterocycles. The van der Waals surface area contributed by atoms with Crippen LogP contribution in [0.1, 0.15) is 18.9 Å². The van der Waals surface area contributed by atoms with Gasteiger partial charge in [0.05, 0.1) is 0 Å². The Bertz CT molecular complexity index is 487. The normalized spacial score (nSPS) is 10.8. The van der Waals surface area contributed by atoms with Crippen molar-refractivity contribution in [1.82, 2.24) is 20.5 Å². The second-order valence-electron chi connectivity index (χ2n) is 3.82. The lowest BCUT2D eigenvalue weighted by Gasteiger charge is -2.09. The van der Waals surface area contributed by atoms with Crippen LogP contribution < -0.4 is 5.32 Å². The molecule has 0 aliphatic rings. The Labute approximate surface area is 116 Å². The fourth-order valence-corrected chi connectivity index (χ4v) is 2.62. The first-order valence-electron chi connectivity index (χ1n) is 5.82. The van der Waals surface area contributed by atoms with Crippen molar-refractivity contribution in [2.45, 2.75) is 29.9 Å². The second kappa shape index (κ2) is 6.78. The van der Waals surface area contributed by atoms with Gasteiger partial charge in [-0.1, -0.05) is 24.6 Å². The zero-order valence-corrected chi connectivity index (χ0v) is 11.7. The molecule has 0 aliphatic carbocycles. The Morgan fingerprint density at radius 1 is 1.44 bits per heavy atom. The molecule has 0 fully saturated rings. The SMILES string of the molecule is CCCNCc1ccc(Cl)cc1Sc1ncn[nH]1. The Kier molecular flexibility index (Phi) is 5.04. The molecule has 0 radical (unpaired) electrons. The van der Waals surface area contributed by atoms with Crippen LogP contribution in [0.3, 0.4) is 0 Å². The van der Waals surface area contributed by atoms with Gasteiger partial charge in [0.2, 0.25) is 0 Å². The highest BCUT2D eigenvalue weighted by Gasteiger charge is 2.07. The van der Waals surface area contributed by atoms with Crippen LogP contribution in [0.25, 0.3) is 0 Å². The van der Waals surface area contributed by atoms with Crippen molar-refractivity contribution in [1.29, 1.82) is 0 Å². The first-order chi connectivity index (χ1) is 8.79. The van der Waals surface area contributed by atoms with Gasteiger partial charge in [0.1, 0.15) is 6.33 Å². The van der Waals surface area contributed by atoms with E-state index in [1.165, 1.54) is 23.7 Å². The molecule has 0 saturated carbocycles. The number of H-pyrrole nitrogens is 1. The molecule has 0 bridgehead atoms. The lowest BCUT2D eigenvalue weighted by atomic mass is 10.2. The number of hydrogen-bond donors (Lipinski definition) is 2. The van der Waals surface area contributed by atoms with E-state index in [2.05, 4.69) is 27.4 Å². The Morgan fingerprint density at radius 3 is 3.06 bits per heavy atom. The summed E-state index contributed by atoms with van der Waals surface area (Å²) in [7, 11) is 0. The average molecular weight is 283 g/mol. The summed E-state index contributed by atoms with van der Waals surface area (Å²) in [5.74, 6) is 0. The molecule has 0 saturated heterocycles. The number of aromatic nitrogens is 3. The van der Waals surface area contributed by atoms with Crippen LogP contribution in [-0.4, -0.2) is 21.7 Å². The molecule has 2 aromatic rings. The number of halogens is 1. The van der Waals surface area contributed by atoms with Gasteiger partial charge in [-0.15, -0.1) is 0 Å². The first kappa shape index (κ1) is 13.4. The number of hydrogen-bond acceptors (Lipinski definition) is 4. The summed E-state index contributed by atoms with van der Waals surface area (Å²) >= 11 is 7.58. The van der Waals surface area contributed by atoms with Crippen molar-refractivity contribution in [2.75, 3.05) is 6.54 Å². The molecule has 18 heavy (non-hydrogen) atoms. The minimum Gasteiger partial charge on any atom is -0.313 e. The Balaban J connectivity index is 2.12. The monoisotopic (exact) mass is 282 g/mol. The van der Waals surface area contributed by atoms with E-state index in [4.69, 9.17) is 11.6 Å². The minimum absolute atomic E-state index is 0.733. The number of aromatic amines is 1. The van der Waals surface area contributed by atoms with Crippen molar-refractivity contribution in [3.8, 4) is 0 Å². The van der Waals surface area contributed by atoms with E-state index in [1.54, 1.807) is 0 Å². The summed E-state index contributed by atoms with van der Waals surface area (Å²) < 4.78 is 0. The molecule has 1 aromatic heterocycles. The molecule has 4 nitrogen and oxygen atoms in total. The van der Waals surface area contributed by atoms with Gasteiger partial charge in [-0.05, 0) is 42.4 Å². The summed E-state index contributed by atoms with van der Waals surface area (Å²) in [4.78, 5) is 5.21. The third-order valence-electron chi connectivity index (χ3n) is 2.37. The van der Waals surface area contributed by atoms with Crippen molar-refractivity contribution in [2.24, 2.45) is 0 Å². The van der Waals surface area contributed by atoms with Crippen LogP contribution in [0.15, 0.2) is 34.6 Å². The summed E-state index contributed by atoms with van der Waals surface area (Å²) in [6.07, 6.45) is 2.63. The first-order valence-corrected chi connectivity index (χ1v) is 7.01. The van der Waals surface area contributed by atoms with Gasteiger partial charge in [-0.3, -0.25) is 5.10 Å². The third-order valence-corrected chi connectivity index (χ3v) is 3.60. The standard InChI is InChI=1S/C12H15ClN4S/c1-2-5-14-7-9-3-4-10(13)6-11(9)18-12-15-8-16-17-12/h3-4,6,8,14H,2,5,7H2,1H3,(H,15,16,17). The maximum absolute atomic E-state index is 6.04. The Morgan fingerprint density at radius 2 is 2.33 bits per heavy atom. The molecule has 1 heterocycles. The van der Waals surface area contributed by atoms with Crippen LogP contribution in [0.4, 0.5) is 0 Å². The van der Waals surface area contributed by atoms with Crippen LogP contribution >= 0.6 is 23.4 Å². The van der Waals surface area contributed by atoms with Crippen LogP contribution in [-0.2, 0) is 6.54 Å². The molecule has 2 N–H and O–H groups in total. The molecule has 2 rings (SSSR count). The summed E-state index contributed by atoms with van der Waals surface area (Å²) in [6.45, 7) is 4.00. The van der Waals surface area contributed by atoms with Gasteiger partial charge >= 0.3 is 0 Å². The largest absolute Gasteiger partial charge is 0.313 e. The van der Waals surface area contributed by atoms with E-state index in [0.717, 1.165) is 34.6 Å². The van der Waals surface area contributed by atoms with Gasteiger partial charge in [0, 0.05) is 16.5 Å². The molecule has 0 amide bonds. The summed E-state index contributed by atoms with van der Waals surface area (Å²) in [6, 6.07) is 5.91. The summed E-state index contributed by atoms with van der Waals surface area (Å²) in [5.41, 5.74) is 1.22. The van der Waals surface area contributed by atoms with Gasteiger partial charge in [-0.25, -0.2) is 4.98 Å². The molecule has 0 spiro atoms. The zero-order valence-electron chi connectivity index (χ0n) is 10.1. The van der Waals surface area contributed by atoms with Gasteiger partial charge in [-0.2, -0.15) is 5.10 Å². The second-order valence-corrected chi connectivity index (χ2v) is 5.29. The van der Waals surface area contributed by atoms with Gasteiger partial charge in [0.15, 0.2) is 5.16 Å². The van der Waals surface area contributed by atoms with E-state index >= 15 is 0 Å². The number of nitrogens with zero attached hydrogens (tertiary/aromatic N) is 2. The Hall–Kier alpha value is -1.04. The molecular weight excluding hydrogens is 268 g/mol. The predicted molar refractivity (Wildman–Crippen MR) is 74.0 cm³/mol. The highest BCUT2D eigenvalue weighted by molar-refractivity contribution is 7.99. The van der Waals surface area contributed by atoms with E-state index in [9.17, 15) is 0 Å². The quantitative estimate of drug-likeness (QED) is 0.800. The highest BCUT2D eigenvalue weighted by atomic mass is 35.5. The molecule has 0 unspecified atom stereocenters. The van der Waals surface area contributed by atoms with E-state index in [1.807, 2.05) is 18.2 Å². The number of benzene rings is 1. The number of rotatable bonds is 6. The molecule has 0 atom stereocenters. The molecule has 1 aromatic carbocycles. The average Bonchev–Trinajstić information content (AvgIpc) is 2.85. The topological polar surface area (TPSA) is 53.6 Å². The predicted octanol–water partition coefficient (Wildman–Crippen LogP) is 3.11. The lowest BCUT2D eigenvalue weighted by Crippen LogP contribution is -2.14. The van der Waals surface area contributed by atoms with Gasteiger partial charge in [0.25, 0.3) is 0 Å². The van der Waals surface area contributed by atoms with Crippen molar-refractivity contribution in [3.05, 3.63) is 35.1 Å². The maximum atomic E-state index is 6.04. The maximum Gasteiger partial charge on any atom is 0.188 e. The van der Waals surface area contributed by atoms with E-state index in [0.29, 0.717) is 0 Å². The lowest BCUT2D eigenvalue weighted by molar-refractivity contribution is 0.669. The van der Waals surface area contributed by atoms with Crippen molar-refractivity contribution < 1.29 is 0 Å². The molecule has 6 heteroatoms. The fraction of sp³-hybridized carbons (Fsp3) is 0.333. The highest BCUT2D eigenvalue weighted by Crippen LogP contribution is 2.30. The summed E-state index contributed by atoms with van der Waals surface area (Å²) in [5, 5.41) is 11.6.